The Labute approximate surface area is 388 Å². The number of allylic oxidation sites excluding steroid dienone is 2. The maximum absolute atomic E-state index is 12.8. The van der Waals surface area contributed by atoms with Gasteiger partial charge in [-0.3, -0.25) is 9.59 Å². The smallest absolute Gasteiger partial charge is 0.306 e. The van der Waals surface area contributed by atoms with Crippen LogP contribution in [0, 0.1) is 0 Å². The number of carbonyl (C=O) groups is 2. The molecule has 0 saturated heterocycles. The molecule has 0 aliphatic heterocycles. The van der Waals surface area contributed by atoms with E-state index in [1.54, 1.807) is 0 Å². The zero-order valence-corrected chi connectivity index (χ0v) is 42.4. The zero-order chi connectivity index (χ0) is 44.9. The Hall–Kier alpha value is -1.36. The topological polar surface area (TPSA) is 61.8 Å². The third-order valence-corrected chi connectivity index (χ3v) is 12.8. The van der Waals surface area contributed by atoms with Gasteiger partial charge in [-0.05, 0) is 44.9 Å². The molecule has 0 bridgehead atoms. The number of ether oxygens (including phenoxy) is 3. The van der Waals surface area contributed by atoms with Crippen LogP contribution in [-0.2, 0) is 23.8 Å². The monoisotopic (exact) mass is 875 g/mol. The lowest BCUT2D eigenvalue weighted by Gasteiger charge is -2.18. The summed E-state index contributed by atoms with van der Waals surface area (Å²) in [6.45, 7) is 7.90. The summed E-state index contributed by atoms with van der Waals surface area (Å²) in [7, 11) is 0. The highest BCUT2D eigenvalue weighted by Crippen LogP contribution is 2.17. The van der Waals surface area contributed by atoms with Crippen molar-refractivity contribution >= 4 is 11.9 Å². The van der Waals surface area contributed by atoms with Crippen LogP contribution < -0.4 is 0 Å². The van der Waals surface area contributed by atoms with Gasteiger partial charge in [0.15, 0.2) is 6.10 Å². The molecule has 62 heavy (non-hydrogen) atoms. The second-order valence-electron chi connectivity index (χ2n) is 19.2. The standard InChI is InChI=1S/C57H110O5/c1-4-7-10-13-16-19-22-25-27-28-29-30-31-33-35-38-41-44-47-50-56(58)61-54-55(53-60-52-49-46-43-40-37-34-26-23-20-17-14-11-8-5-2)62-57(59)51-48-45-42-39-36-32-24-21-18-15-12-9-6-3/h25,27,55H,4-24,26,28-54H2,1-3H3/b27-25-. The van der Waals surface area contributed by atoms with Gasteiger partial charge < -0.3 is 14.2 Å². The molecule has 0 aromatic carbocycles. The van der Waals surface area contributed by atoms with E-state index >= 15 is 0 Å². The van der Waals surface area contributed by atoms with Crippen molar-refractivity contribution in [3.8, 4) is 0 Å². The number of rotatable bonds is 53. The van der Waals surface area contributed by atoms with E-state index in [4.69, 9.17) is 14.2 Å². The second-order valence-corrected chi connectivity index (χ2v) is 19.2. The summed E-state index contributed by atoms with van der Waals surface area (Å²) in [4.78, 5) is 25.5. The van der Waals surface area contributed by atoms with Crippen molar-refractivity contribution in [2.45, 2.75) is 322 Å². The minimum absolute atomic E-state index is 0.0941. The quantitative estimate of drug-likeness (QED) is 0.0346. The van der Waals surface area contributed by atoms with E-state index in [1.165, 1.54) is 250 Å². The van der Waals surface area contributed by atoms with Crippen LogP contribution in [0.5, 0.6) is 0 Å². The van der Waals surface area contributed by atoms with Crippen LogP contribution in [0.4, 0.5) is 0 Å². The third kappa shape index (κ3) is 51.3. The van der Waals surface area contributed by atoms with Gasteiger partial charge in [-0.25, -0.2) is 0 Å². The molecule has 368 valence electrons. The molecule has 0 spiro atoms. The van der Waals surface area contributed by atoms with Crippen LogP contribution in [-0.4, -0.2) is 37.9 Å². The van der Waals surface area contributed by atoms with Crippen LogP contribution in [0.25, 0.3) is 0 Å². The number of carbonyl (C=O) groups excluding carboxylic acids is 2. The summed E-state index contributed by atoms with van der Waals surface area (Å²) in [6.07, 6.45) is 62.2. The lowest BCUT2D eigenvalue weighted by molar-refractivity contribution is -0.163. The molecule has 0 aliphatic carbocycles. The van der Waals surface area contributed by atoms with Crippen LogP contribution in [0.3, 0.4) is 0 Å². The van der Waals surface area contributed by atoms with Crippen molar-refractivity contribution in [3.63, 3.8) is 0 Å². The third-order valence-electron chi connectivity index (χ3n) is 12.8. The molecule has 5 heteroatoms. The van der Waals surface area contributed by atoms with E-state index < -0.39 is 6.10 Å². The molecule has 0 amide bonds. The molecule has 0 radical (unpaired) electrons. The SMILES string of the molecule is CCCCCCCC/C=C\CCCCCCCCCCCC(=O)OCC(COCCCCCCCCCCCCCCCC)OC(=O)CCCCCCCCCCCCCCC. The van der Waals surface area contributed by atoms with Gasteiger partial charge in [0.1, 0.15) is 6.61 Å². The molecule has 0 N–H and O–H groups in total. The zero-order valence-electron chi connectivity index (χ0n) is 42.4. The van der Waals surface area contributed by atoms with Crippen molar-refractivity contribution in [2.24, 2.45) is 0 Å². The number of esters is 2. The maximum Gasteiger partial charge on any atom is 0.306 e. The largest absolute Gasteiger partial charge is 0.462 e. The summed E-state index contributed by atoms with van der Waals surface area (Å²) in [5, 5.41) is 0. The van der Waals surface area contributed by atoms with E-state index in [0.29, 0.717) is 26.1 Å². The fraction of sp³-hybridized carbons (Fsp3) is 0.930. The summed E-state index contributed by atoms with van der Waals surface area (Å²) >= 11 is 0. The van der Waals surface area contributed by atoms with Crippen LogP contribution in [0.2, 0.25) is 0 Å². The Morgan fingerprint density at radius 1 is 0.339 bits per heavy atom. The average molecular weight is 876 g/mol. The molecule has 1 atom stereocenters. The van der Waals surface area contributed by atoms with E-state index in [-0.39, 0.29) is 18.5 Å². The van der Waals surface area contributed by atoms with Crippen LogP contribution in [0.15, 0.2) is 12.2 Å². The first-order valence-electron chi connectivity index (χ1n) is 28.2. The summed E-state index contributed by atoms with van der Waals surface area (Å²) < 4.78 is 17.5. The Kier molecular flexibility index (Phi) is 52.8. The number of unbranched alkanes of at least 4 members (excludes halogenated alkanes) is 40. The van der Waals surface area contributed by atoms with Gasteiger partial charge in [0.05, 0.1) is 6.61 Å². The molecular formula is C57H110O5. The van der Waals surface area contributed by atoms with Gasteiger partial charge >= 0.3 is 11.9 Å². The predicted molar refractivity (Wildman–Crippen MR) is 270 cm³/mol. The van der Waals surface area contributed by atoms with Gasteiger partial charge in [-0.1, -0.05) is 270 Å². The lowest BCUT2D eigenvalue weighted by atomic mass is 10.0. The first kappa shape index (κ1) is 60.6. The first-order chi connectivity index (χ1) is 30.6. The van der Waals surface area contributed by atoms with Gasteiger partial charge in [-0.15, -0.1) is 0 Å². The summed E-state index contributed by atoms with van der Waals surface area (Å²) in [5.74, 6) is -0.375. The highest BCUT2D eigenvalue weighted by molar-refractivity contribution is 5.70. The minimum Gasteiger partial charge on any atom is -0.462 e. The average Bonchev–Trinajstić information content (AvgIpc) is 3.27. The van der Waals surface area contributed by atoms with Crippen molar-refractivity contribution in [2.75, 3.05) is 19.8 Å². The second kappa shape index (κ2) is 54.0. The van der Waals surface area contributed by atoms with Crippen molar-refractivity contribution < 1.29 is 23.8 Å². The highest BCUT2D eigenvalue weighted by Gasteiger charge is 2.17. The van der Waals surface area contributed by atoms with Crippen molar-refractivity contribution in [1.82, 2.24) is 0 Å². The van der Waals surface area contributed by atoms with E-state index in [2.05, 4.69) is 32.9 Å². The highest BCUT2D eigenvalue weighted by atomic mass is 16.6. The van der Waals surface area contributed by atoms with Gasteiger partial charge in [0.2, 0.25) is 0 Å². The minimum atomic E-state index is -0.527. The van der Waals surface area contributed by atoms with Crippen LogP contribution >= 0.6 is 0 Å². The first-order valence-corrected chi connectivity index (χ1v) is 28.2. The molecule has 1 unspecified atom stereocenters. The molecule has 0 aromatic heterocycles. The van der Waals surface area contributed by atoms with Gasteiger partial charge in [0, 0.05) is 19.4 Å². The molecule has 5 nitrogen and oxygen atoms in total. The molecule has 0 aliphatic rings. The Morgan fingerprint density at radius 2 is 0.629 bits per heavy atom. The molecule has 0 heterocycles. The lowest BCUT2D eigenvalue weighted by Crippen LogP contribution is -2.30. The fourth-order valence-corrected chi connectivity index (χ4v) is 8.57. The van der Waals surface area contributed by atoms with Gasteiger partial charge in [-0.2, -0.15) is 0 Å². The Bertz CT molecular complexity index is 902. The van der Waals surface area contributed by atoms with Crippen LogP contribution in [0.1, 0.15) is 316 Å². The molecule has 0 fully saturated rings. The summed E-state index contributed by atoms with van der Waals surface area (Å²) in [6, 6.07) is 0. The summed E-state index contributed by atoms with van der Waals surface area (Å²) in [5.41, 5.74) is 0. The van der Waals surface area contributed by atoms with E-state index in [9.17, 15) is 9.59 Å². The maximum atomic E-state index is 12.8. The predicted octanol–water partition coefficient (Wildman–Crippen LogP) is 19.0. The normalized spacial score (nSPS) is 12.1. The van der Waals surface area contributed by atoms with Crippen molar-refractivity contribution in [1.29, 1.82) is 0 Å². The van der Waals surface area contributed by atoms with E-state index in [0.717, 1.165) is 32.1 Å². The Morgan fingerprint density at radius 3 is 0.984 bits per heavy atom. The molecule has 0 saturated carbocycles. The number of hydrogen-bond donors (Lipinski definition) is 0. The number of hydrogen-bond acceptors (Lipinski definition) is 5. The molecule has 0 aromatic rings. The van der Waals surface area contributed by atoms with E-state index in [1.807, 2.05) is 0 Å². The Balaban J connectivity index is 4.17. The molecular weight excluding hydrogens is 765 g/mol. The fourth-order valence-electron chi connectivity index (χ4n) is 8.57. The molecule has 0 rings (SSSR count). The van der Waals surface area contributed by atoms with Gasteiger partial charge in [0.25, 0.3) is 0 Å². The van der Waals surface area contributed by atoms with Crippen molar-refractivity contribution in [3.05, 3.63) is 12.2 Å².